The monoisotopic (exact) mass is 252 g/mol. The number of hydrogen-bond donors (Lipinski definition) is 0. The molecule has 1 aromatic carbocycles. The van der Waals surface area contributed by atoms with Gasteiger partial charge in [0.2, 0.25) is 0 Å². The van der Waals surface area contributed by atoms with E-state index in [9.17, 15) is 4.79 Å². The summed E-state index contributed by atoms with van der Waals surface area (Å²) in [6.45, 7) is 2.16. The molecule has 3 atom stereocenters. The summed E-state index contributed by atoms with van der Waals surface area (Å²) in [5.74, 6) is 1.65. The molecule has 2 bridgehead atoms. The first-order chi connectivity index (χ1) is 9.24. The number of fused-ring (bicyclic) bond motifs is 4. The van der Waals surface area contributed by atoms with Crippen LogP contribution in [0.15, 0.2) is 30.4 Å². The van der Waals surface area contributed by atoms with Gasteiger partial charge in [-0.1, -0.05) is 37.3 Å². The Labute approximate surface area is 114 Å². The van der Waals surface area contributed by atoms with E-state index in [-0.39, 0.29) is 5.41 Å². The maximum Gasteiger partial charge on any atom is 0.170 e. The number of Topliss-reactive ketones (excluding diaryl/α,β-unsaturated/α-hetero) is 1. The van der Waals surface area contributed by atoms with Crippen LogP contribution in [0, 0.1) is 17.3 Å². The summed E-state index contributed by atoms with van der Waals surface area (Å²) in [7, 11) is 0. The van der Waals surface area contributed by atoms with Gasteiger partial charge in [-0.2, -0.15) is 0 Å². The molecule has 19 heavy (non-hydrogen) atoms. The Morgan fingerprint density at radius 2 is 2.21 bits per heavy atom. The summed E-state index contributed by atoms with van der Waals surface area (Å²) in [6, 6.07) is 6.41. The number of hydrogen-bond acceptors (Lipinski definition) is 1. The Kier molecular flexibility index (Phi) is 2.30. The smallest absolute Gasteiger partial charge is 0.170 e. The van der Waals surface area contributed by atoms with Crippen molar-refractivity contribution < 1.29 is 4.79 Å². The largest absolute Gasteiger partial charge is 0.294 e. The minimum atomic E-state index is -0.0440. The van der Waals surface area contributed by atoms with Crippen molar-refractivity contribution in [3.05, 3.63) is 47.0 Å². The minimum absolute atomic E-state index is 0.0440. The average Bonchev–Trinajstić information content (AvgIpc) is 3.04. The number of carbonyl (C=O) groups is 1. The van der Waals surface area contributed by atoms with Gasteiger partial charge in [-0.15, -0.1) is 0 Å². The summed E-state index contributed by atoms with van der Waals surface area (Å²) in [5.41, 5.74) is 3.59. The molecule has 1 fully saturated rings. The van der Waals surface area contributed by atoms with Crippen LogP contribution in [0.3, 0.4) is 0 Å². The fraction of sp³-hybridized carbons (Fsp3) is 0.500. The number of rotatable bonds is 1. The Balaban J connectivity index is 1.85. The van der Waals surface area contributed by atoms with E-state index in [2.05, 4.69) is 37.3 Å². The highest BCUT2D eigenvalue weighted by atomic mass is 16.1. The zero-order valence-electron chi connectivity index (χ0n) is 11.5. The van der Waals surface area contributed by atoms with Crippen LogP contribution in [-0.2, 0) is 12.8 Å². The standard InChI is InChI=1S/C18H20O/c1-2-13-4-3-5-14-8-9-18(17(19)16(13)14)11-12-6-7-15(18)10-12/h3-7,12,15H,2,8-11H2,1H3. The van der Waals surface area contributed by atoms with E-state index >= 15 is 0 Å². The van der Waals surface area contributed by atoms with Crippen molar-refractivity contribution in [3.63, 3.8) is 0 Å². The van der Waals surface area contributed by atoms with Crippen LogP contribution in [0.5, 0.6) is 0 Å². The molecule has 3 aliphatic carbocycles. The first-order valence-corrected chi connectivity index (χ1v) is 7.58. The average molecular weight is 252 g/mol. The molecule has 1 nitrogen and oxygen atoms in total. The molecule has 98 valence electrons. The first-order valence-electron chi connectivity index (χ1n) is 7.58. The molecule has 0 aliphatic heterocycles. The molecule has 3 unspecified atom stereocenters. The summed E-state index contributed by atoms with van der Waals surface area (Å²) < 4.78 is 0. The van der Waals surface area contributed by atoms with E-state index in [1.54, 1.807) is 0 Å². The molecular formula is C18H20O. The number of aryl methyl sites for hydroxylation is 2. The fourth-order valence-electron chi connectivity index (χ4n) is 4.67. The molecule has 1 aromatic rings. The highest BCUT2D eigenvalue weighted by Crippen LogP contribution is 2.57. The van der Waals surface area contributed by atoms with Crippen LogP contribution in [0.25, 0.3) is 0 Å². The van der Waals surface area contributed by atoms with Gasteiger partial charge in [0.05, 0.1) is 0 Å². The molecule has 0 aromatic heterocycles. The van der Waals surface area contributed by atoms with Gasteiger partial charge >= 0.3 is 0 Å². The molecule has 0 N–H and O–H groups in total. The molecule has 1 spiro atoms. The Hall–Kier alpha value is -1.37. The van der Waals surface area contributed by atoms with Gasteiger partial charge in [-0.3, -0.25) is 4.79 Å². The predicted octanol–water partition coefficient (Wildman–Crippen LogP) is 3.96. The minimum Gasteiger partial charge on any atom is -0.294 e. The van der Waals surface area contributed by atoms with Crippen molar-refractivity contribution in [1.29, 1.82) is 0 Å². The number of allylic oxidation sites excluding steroid dienone is 2. The van der Waals surface area contributed by atoms with E-state index in [0.29, 0.717) is 17.6 Å². The topological polar surface area (TPSA) is 17.1 Å². The molecule has 0 heterocycles. The Bertz CT molecular complexity index is 569. The van der Waals surface area contributed by atoms with Crippen molar-refractivity contribution in [2.24, 2.45) is 17.3 Å². The number of carbonyl (C=O) groups excluding carboxylic acids is 1. The lowest BCUT2D eigenvalue weighted by Crippen LogP contribution is -2.40. The van der Waals surface area contributed by atoms with Crippen molar-refractivity contribution in [1.82, 2.24) is 0 Å². The molecule has 1 heteroatoms. The predicted molar refractivity (Wildman–Crippen MR) is 76.3 cm³/mol. The van der Waals surface area contributed by atoms with Gasteiger partial charge in [-0.25, -0.2) is 0 Å². The number of benzene rings is 1. The van der Waals surface area contributed by atoms with E-state index in [4.69, 9.17) is 0 Å². The Morgan fingerprint density at radius 1 is 1.32 bits per heavy atom. The van der Waals surface area contributed by atoms with E-state index in [1.807, 2.05) is 0 Å². The first kappa shape index (κ1) is 11.5. The molecular weight excluding hydrogens is 232 g/mol. The number of ketones is 1. The van der Waals surface area contributed by atoms with Gasteiger partial charge in [-0.05, 0) is 55.1 Å². The summed E-state index contributed by atoms with van der Waals surface area (Å²) in [4.78, 5) is 13.2. The van der Waals surface area contributed by atoms with E-state index < -0.39 is 0 Å². The zero-order valence-corrected chi connectivity index (χ0v) is 11.5. The van der Waals surface area contributed by atoms with Gasteiger partial charge in [0, 0.05) is 11.0 Å². The summed E-state index contributed by atoms with van der Waals surface area (Å²) >= 11 is 0. The second kappa shape index (κ2) is 3.82. The van der Waals surface area contributed by atoms with Crippen molar-refractivity contribution in [2.45, 2.75) is 39.0 Å². The molecule has 0 saturated heterocycles. The third kappa shape index (κ3) is 1.39. The molecule has 4 rings (SSSR count). The normalized spacial score (nSPS) is 35.1. The van der Waals surface area contributed by atoms with Crippen molar-refractivity contribution >= 4 is 5.78 Å². The van der Waals surface area contributed by atoms with Crippen LogP contribution >= 0.6 is 0 Å². The highest BCUT2D eigenvalue weighted by molar-refractivity contribution is 6.04. The quantitative estimate of drug-likeness (QED) is 0.691. The lowest BCUT2D eigenvalue weighted by Gasteiger charge is -2.39. The molecule has 0 amide bonds. The second-order valence-electron chi connectivity index (χ2n) is 6.48. The highest BCUT2D eigenvalue weighted by Gasteiger charge is 2.54. The second-order valence-corrected chi connectivity index (χ2v) is 6.48. The third-order valence-electron chi connectivity index (χ3n) is 5.65. The van der Waals surface area contributed by atoms with Gasteiger partial charge in [0.25, 0.3) is 0 Å². The van der Waals surface area contributed by atoms with Crippen LogP contribution in [0.1, 0.15) is 47.7 Å². The van der Waals surface area contributed by atoms with Gasteiger partial charge < -0.3 is 0 Å². The maximum absolute atomic E-state index is 13.2. The molecule has 3 aliphatic rings. The SMILES string of the molecule is CCc1cccc2c1C(=O)C1(CC2)CC2C=CC1C2. The van der Waals surface area contributed by atoms with Crippen LogP contribution in [-0.4, -0.2) is 5.78 Å². The third-order valence-corrected chi connectivity index (χ3v) is 5.65. The molecule has 1 saturated carbocycles. The van der Waals surface area contributed by atoms with Crippen molar-refractivity contribution in [3.8, 4) is 0 Å². The Morgan fingerprint density at radius 3 is 2.89 bits per heavy atom. The van der Waals surface area contributed by atoms with Crippen LogP contribution < -0.4 is 0 Å². The maximum atomic E-state index is 13.2. The van der Waals surface area contributed by atoms with Crippen LogP contribution in [0.2, 0.25) is 0 Å². The van der Waals surface area contributed by atoms with E-state index in [1.165, 1.54) is 17.5 Å². The van der Waals surface area contributed by atoms with Gasteiger partial charge in [0.15, 0.2) is 5.78 Å². The fourth-order valence-corrected chi connectivity index (χ4v) is 4.67. The van der Waals surface area contributed by atoms with E-state index in [0.717, 1.165) is 31.2 Å². The van der Waals surface area contributed by atoms with Gasteiger partial charge in [0.1, 0.15) is 0 Å². The summed E-state index contributed by atoms with van der Waals surface area (Å²) in [5, 5.41) is 0. The van der Waals surface area contributed by atoms with Crippen LogP contribution in [0.4, 0.5) is 0 Å². The molecule has 0 radical (unpaired) electrons. The lowest BCUT2D eigenvalue weighted by molar-refractivity contribution is 0.0701. The zero-order chi connectivity index (χ0) is 13.0. The van der Waals surface area contributed by atoms with Crippen molar-refractivity contribution in [2.75, 3.05) is 0 Å². The summed E-state index contributed by atoms with van der Waals surface area (Å²) in [6.07, 6.45) is 10.1. The lowest BCUT2D eigenvalue weighted by atomic mass is 9.63.